The fourth-order valence-corrected chi connectivity index (χ4v) is 3.25. The fourth-order valence-electron chi connectivity index (χ4n) is 2.51. The molecule has 0 spiro atoms. The Morgan fingerprint density at radius 2 is 1.67 bits per heavy atom. The first kappa shape index (κ1) is 18.7. The molecule has 0 aliphatic heterocycles. The van der Waals surface area contributed by atoms with Crippen LogP contribution in [0.2, 0.25) is 0 Å². The van der Waals surface area contributed by atoms with Crippen LogP contribution in [0.5, 0.6) is 0 Å². The van der Waals surface area contributed by atoms with Gasteiger partial charge in [-0.25, -0.2) is 0 Å². The number of anilines is 1. The number of nitrogens with one attached hydrogen (secondary N) is 2. The molecule has 0 saturated heterocycles. The average Bonchev–Trinajstić information content (AvgIpc) is 3.17. The molecule has 0 saturated carbocycles. The van der Waals surface area contributed by atoms with E-state index in [9.17, 15) is 9.59 Å². The molecule has 3 rings (SSSR count). The summed E-state index contributed by atoms with van der Waals surface area (Å²) in [4.78, 5) is 24.3. The maximum absolute atomic E-state index is 12.2. The minimum absolute atomic E-state index is 0.0552. The highest BCUT2D eigenvalue weighted by Gasteiger charge is 2.15. The minimum atomic E-state index is -0.299. The molecule has 1 aromatic heterocycles. The summed E-state index contributed by atoms with van der Waals surface area (Å²) < 4.78 is 0. The van der Waals surface area contributed by atoms with Gasteiger partial charge in [0.25, 0.3) is 5.91 Å². The van der Waals surface area contributed by atoms with Gasteiger partial charge in [-0.15, -0.1) is 10.2 Å². The van der Waals surface area contributed by atoms with Gasteiger partial charge in [-0.3, -0.25) is 9.59 Å². The summed E-state index contributed by atoms with van der Waals surface area (Å²) in [5.41, 5.74) is 1.76. The van der Waals surface area contributed by atoms with Crippen LogP contribution in [0.1, 0.15) is 39.8 Å². The van der Waals surface area contributed by atoms with Crippen molar-refractivity contribution < 1.29 is 9.59 Å². The van der Waals surface area contributed by atoms with E-state index in [0.29, 0.717) is 23.5 Å². The van der Waals surface area contributed by atoms with Crippen molar-refractivity contribution in [1.82, 2.24) is 15.5 Å². The molecule has 3 aromatic rings. The zero-order valence-electron chi connectivity index (χ0n) is 14.9. The van der Waals surface area contributed by atoms with Crippen LogP contribution in [-0.4, -0.2) is 22.0 Å². The number of aryl methyl sites for hydroxylation is 1. The number of carbonyl (C=O) groups is 2. The van der Waals surface area contributed by atoms with E-state index in [1.165, 1.54) is 11.3 Å². The van der Waals surface area contributed by atoms with Crippen LogP contribution in [0.4, 0.5) is 5.69 Å². The lowest BCUT2D eigenvalue weighted by molar-refractivity contribution is -0.121. The third-order valence-corrected chi connectivity index (χ3v) is 4.92. The zero-order valence-corrected chi connectivity index (χ0v) is 15.7. The number of benzene rings is 2. The molecule has 1 heterocycles. The summed E-state index contributed by atoms with van der Waals surface area (Å²) in [7, 11) is 0. The second-order valence-electron chi connectivity index (χ2n) is 6.02. The smallest absolute Gasteiger partial charge is 0.286 e. The lowest BCUT2D eigenvalue weighted by Crippen LogP contribution is -2.26. The lowest BCUT2D eigenvalue weighted by atomic mass is 10.1. The number of carbonyl (C=O) groups excluding carboxylic acids is 2. The maximum atomic E-state index is 12.2. The van der Waals surface area contributed by atoms with E-state index in [1.54, 1.807) is 12.1 Å². The third-order valence-electron chi connectivity index (χ3n) is 3.94. The Morgan fingerprint density at radius 3 is 2.37 bits per heavy atom. The van der Waals surface area contributed by atoms with E-state index < -0.39 is 0 Å². The quantitative estimate of drug-likeness (QED) is 0.656. The molecule has 6 nitrogen and oxygen atoms in total. The van der Waals surface area contributed by atoms with Gasteiger partial charge in [0.1, 0.15) is 5.01 Å². The van der Waals surface area contributed by atoms with E-state index in [1.807, 2.05) is 55.5 Å². The van der Waals surface area contributed by atoms with E-state index in [0.717, 1.165) is 5.56 Å². The van der Waals surface area contributed by atoms with Gasteiger partial charge in [0.2, 0.25) is 10.9 Å². The van der Waals surface area contributed by atoms with Crippen LogP contribution in [0, 0.1) is 0 Å². The fraction of sp³-hybridized carbons (Fsp3) is 0.200. The normalized spacial score (nSPS) is 11.6. The maximum Gasteiger partial charge on any atom is 0.286 e. The summed E-state index contributed by atoms with van der Waals surface area (Å²) in [6, 6.07) is 18.9. The Hall–Kier alpha value is -3.06. The average molecular weight is 380 g/mol. The van der Waals surface area contributed by atoms with Crippen molar-refractivity contribution in [3.8, 4) is 0 Å². The van der Waals surface area contributed by atoms with Crippen molar-refractivity contribution in [2.75, 3.05) is 5.32 Å². The van der Waals surface area contributed by atoms with Gasteiger partial charge >= 0.3 is 0 Å². The highest BCUT2D eigenvalue weighted by molar-refractivity contribution is 7.13. The van der Waals surface area contributed by atoms with E-state index in [4.69, 9.17) is 0 Å². The number of aromatic nitrogens is 2. The Morgan fingerprint density at radius 1 is 1.00 bits per heavy atom. The number of hydrogen-bond donors (Lipinski definition) is 2. The van der Waals surface area contributed by atoms with Crippen LogP contribution in [0.25, 0.3) is 0 Å². The van der Waals surface area contributed by atoms with Crippen molar-refractivity contribution >= 4 is 28.8 Å². The van der Waals surface area contributed by atoms with Crippen LogP contribution in [0.3, 0.4) is 0 Å². The highest BCUT2D eigenvalue weighted by Crippen LogP contribution is 2.15. The Balaban J connectivity index is 1.49. The molecule has 1 atom stereocenters. The minimum Gasteiger partial charge on any atom is -0.350 e. The molecule has 2 N–H and O–H groups in total. The predicted octanol–water partition coefficient (Wildman–Crippen LogP) is 3.60. The van der Waals surface area contributed by atoms with Gasteiger partial charge in [0.15, 0.2) is 0 Å². The summed E-state index contributed by atoms with van der Waals surface area (Å²) in [5, 5.41) is 14.6. The van der Waals surface area contributed by atoms with Gasteiger partial charge in [0.05, 0.1) is 6.04 Å². The Bertz CT molecular complexity index is 897. The number of nitrogens with zero attached hydrogens (tertiary/aromatic N) is 2. The molecular formula is C20H20N4O2S. The van der Waals surface area contributed by atoms with Gasteiger partial charge in [-0.2, -0.15) is 0 Å². The van der Waals surface area contributed by atoms with Gasteiger partial charge in [-0.05, 0) is 24.6 Å². The summed E-state index contributed by atoms with van der Waals surface area (Å²) in [6.07, 6.45) is 0.746. The number of rotatable bonds is 7. The van der Waals surface area contributed by atoms with Gasteiger partial charge in [0, 0.05) is 18.5 Å². The molecule has 0 bridgehead atoms. The van der Waals surface area contributed by atoms with Crippen molar-refractivity contribution in [1.29, 1.82) is 0 Å². The molecule has 0 radical (unpaired) electrons. The summed E-state index contributed by atoms with van der Waals surface area (Å²) in [6.45, 7) is 1.95. The molecule has 2 aromatic carbocycles. The monoisotopic (exact) mass is 380 g/mol. The summed E-state index contributed by atoms with van der Waals surface area (Å²) in [5.74, 6) is -0.357. The first-order valence-corrected chi connectivity index (χ1v) is 9.46. The molecule has 0 fully saturated rings. The summed E-state index contributed by atoms with van der Waals surface area (Å²) >= 11 is 1.20. The predicted molar refractivity (Wildman–Crippen MR) is 106 cm³/mol. The Kier molecular flexibility index (Phi) is 6.27. The van der Waals surface area contributed by atoms with Crippen LogP contribution in [-0.2, 0) is 11.2 Å². The Labute approximate surface area is 161 Å². The molecule has 0 aliphatic carbocycles. The second kappa shape index (κ2) is 9.05. The molecule has 1 unspecified atom stereocenters. The van der Waals surface area contributed by atoms with Crippen molar-refractivity contribution in [3.05, 3.63) is 76.2 Å². The molecule has 27 heavy (non-hydrogen) atoms. The number of para-hydroxylation sites is 1. The van der Waals surface area contributed by atoms with Crippen LogP contribution < -0.4 is 10.6 Å². The molecule has 138 valence electrons. The number of amides is 2. The second-order valence-corrected chi connectivity index (χ2v) is 7.08. The van der Waals surface area contributed by atoms with Gasteiger partial charge in [-0.1, -0.05) is 59.9 Å². The first-order chi connectivity index (χ1) is 13.1. The van der Waals surface area contributed by atoms with Crippen molar-refractivity contribution in [3.63, 3.8) is 0 Å². The molecule has 7 heteroatoms. The first-order valence-electron chi connectivity index (χ1n) is 8.65. The van der Waals surface area contributed by atoms with Gasteiger partial charge < -0.3 is 10.6 Å². The highest BCUT2D eigenvalue weighted by atomic mass is 32.1. The van der Waals surface area contributed by atoms with Crippen molar-refractivity contribution in [2.24, 2.45) is 0 Å². The molecule has 0 aliphatic rings. The van der Waals surface area contributed by atoms with Crippen LogP contribution in [0.15, 0.2) is 60.7 Å². The third kappa shape index (κ3) is 5.46. The largest absolute Gasteiger partial charge is 0.350 e. The standard InChI is InChI=1S/C20H20N4O2S/c1-14(15-8-4-2-5-9-15)21-17(25)12-13-18-23-24-20(27-18)19(26)22-16-10-6-3-7-11-16/h2-11,14H,12-13H2,1H3,(H,21,25)(H,22,26). The van der Waals surface area contributed by atoms with E-state index in [2.05, 4.69) is 20.8 Å². The zero-order chi connectivity index (χ0) is 19.1. The van der Waals surface area contributed by atoms with E-state index >= 15 is 0 Å². The van der Waals surface area contributed by atoms with Crippen LogP contribution >= 0.6 is 11.3 Å². The number of hydrogen-bond acceptors (Lipinski definition) is 5. The lowest BCUT2D eigenvalue weighted by Gasteiger charge is -2.13. The topological polar surface area (TPSA) is 84.0 Å². The van der Waals surface area contributed by atoms with E-state index in [-0.39, 0.29) is 22.9 Å². The van der Waals surface area contributed by atoms with Crippen molar-refractivity contribution in [2.45, 2.75) is 25.8 Å². The molecular weight excluding hydrogens is 360 g/mol. The SMILES string of the molecule is CC(NC(=O)CCc1nnc(C(=O)Nc2ccccc2)s1)c1ccccc1. The molecule has 2 amide bonds.